The molecule has 0 unspecified atom stereocenters. The Kier molecular flexibility index (Phi) is 4.91. The van der Waals surface area contributed by atoms with Gasteiger partial charge in [-0.05, 0) is 49.7 Å². The van der Waals surface area contributed by atoms with Crippen LogP contribution in [0.3, 0.4) is 0 Å². The van der Waals surface area contributed by atoms with Crippen LogP contribution in [0.4, 0.5) is 0 Å². The van der Waals surface area contributed by atoms with Gasteiger partial charge in [-0.2, -0.15) is 0 Å². The van der Waals surface area contributed by atoms with E-state index in [9.17, 15) is 4.79 Å². The first-order valence-corrected chi connectivity index (χ1v) is 7.01. The number of hydrogen-bond acceptors (Lipinski definition) is 3. The van der Waals surface area contributed by atoms with E-state index in [0.29, 0.717) is 17.3 Å². The molecule has 0 fully saturated rings. The summed E-state index contributed by atoms with van der Waals surface area (Å²) in [5.74, 6) is 2.14. The summed E-state index contributed by atoms with van der Waals surface area (Å²) in [7, 11) is 1.72. The van der Waals surface area contributed by atoms with Crippen LogP contribution in [0.25, 0.3) is 0 Å². The van der Waals surface area contributed by atoms with Gasteiger partial charge in [-0.15, -0.1) is 0 Å². The summed E-state index contributed by atoms with van der Waals surface area (Å²) in [6, 6.07) is 9.05. The molecule has 1 aromatic heterocycles. The van der Waals surface area contributed by atoms with E-state index in [1.165, 1.54) is 0 Å². The zero-order valence-corrected chi connectivity index (χ0v) is 13.1. The Morgan fingerprint density at radius 2 is 2.05 bits per heavy atom. The molecule has 0 spiro atoms. The molecule has 0 aliphatic rings. The predicted molar refractivity (Wildman–Crippen MR) is 81.6 cm³/mol. The van der Waals surface area contributed by atoms with E-state index in [4.69, 9.17) is 20.8 Å². The second-order valence-electron chi connectivity index (χ2n) is 4.96. The van der Waals surface area contributed by atoms with Gasteiger partial charge in [0, 0.05) is 12.1 Å². The van der Waals surface area contributed by atoms with Gasteiger partial charge in [0.1, 0.15) is 17.3 Å². The summed E-state index contributed by atoms with van der Waals surface area (Å²) in [5, 5.41) is 0.650. The van der Waals surface area contributed by atoms with Crippen LogP contribution in [0.15, 0.2) is 34.7 Å². The number of furan rings is 1. The second kappa shape index (κ2) is 6.68. The summed E-state index contributed by atoms with van der Waals surface area (Å²) in [6.45, 7) is 4.17. The number of amides is 1. The third-order valence-corrected chi connectivity index (χ3v) is 3.34. The van der Waals surface area contributed by atoms with Gasteiger partial charge in [-0.1, -0.05) is 11.6 Å². The molecule has 5 heteroatoms. The van der Waals surface area contributed by atoms with Gasteiger partial charge in [0.05, 0.1) is 6.54 Å². The lowest BCUT2D eigenvalue weighted by Crippen LogP contribution is -2.30. The molecule has 112 valence electrons. The predicted octanol–water partition coefficient (Wildman–Crippen LogP) is 3.59. The van der Waals surface area contributed by atoms with E-state index in [0.717, 1.165) is 17.1 Å². The van der Waals surface area contributed by atoms with Crippen molar-refractivity contribution in [3.63, 3.8) is 0 Å². The quantitative estimate of drug-likeness (QED) is 0.848. The van der Waals surface area contributed by atoms with Crippen LogP contribution < -0.4 is 4.74 Å². The molecule has 0 aliphatic heterocycles. The maximum absolute atomic E-state index is 12.0. The number of carbonyl (C=O) groups excluding carboxylic acids is 1. The first-order valence-electron chi connectivity index (χ1n) is 6.64. The van der Waals surface area contributed by atoms with Crippen molar-refractivity contribution in [3.05, 3.63) is 52.4 Å². The van der Waals surface area contributed by atoms with Gasteiger partial charge in [0.25, 0.3) is 5.91 Å². The van der Waals surface area contributed by atoms with E-state index >= 15 is 0 Å². The molecule has 0 radical (unpaired) electrons. The lowest BCUT2D eigenvalue weighted by Gasteiger charge is -2.16. The van der Waals surface area contributed by atoms with Crippen molar-refractivity contribution in [2.24, 2.45) is 0 Å². The molecule has 1 heterocycles. The molecule has 0 N–H and O–H groups in total. The van der Waals surface area contributed by atoms with E-state index in [2.05, 4.69) is 0 Å². The lowest BCUT2D eigenvalue weighted by molar-refractivity contribution is -0.132. The van der Waals surface area contributed by atoms with Crippen molar-refractivity contribution in [2.45, 2.75) is 20.4 Å². The molecule has 21 heavy (non-hydrogen) atoms. The fourth-order valence-electron chi connectivity index (χ4n) is 1.92. The third-order valence-electron chi connectivity index (χ3n) is 3.10. The van der Waals surface area contributed by atoms with Crippen LogP contribution in [0.1, 0.15) is 17.1 Å². The molecule has 0 saturated carbocycles. The molecule has 1 aromatic carbocycles. The Hall–Kier alpha value is -1.94. The topological polar surface area (TPSA) is 42.7 Å². The SMILES string of the molecule is Cc1ccc(CN(C)C(=O)COc2ccc(Cl)cc2C)o1. The number of nitrogens with zero attached hydrogens (tertiary/aromatic N) is 1. The highest BCUT2D eigenvalue weighted by atomic mass is 35.5. The number of benzene rings is 1. The van der Waals surface area contributed by atoms with Gasteiger partial charge in [-0.3, -0.25) is 4.79 Å². The average molecular weight is 308 g/mol. The molecule has 2 aromatic rings. The Morgan fingerprint density at radius 3 is 2.67 bits per heavy atom. The highest BCUT2D eigenvalue weighted by molar-refractivity contribution is 6.30. The fourth-order valence-corrected chi connectivity index (χ4v) is 2.14. The summed E-state index contributed by atoms with van der Waals surface area (Å²) < 4.78 is 11.0. The highest BCUT2D eigenvalue weighted by Crippen LogP contribution is 2.21. The molecule has 0 saturated heterocycles. The number of likely N-dealkylation sites (N-methyl/N-ethyl adjacent to an activating group) is 1. The molecule has 0 aliphatic carbocycles. The molecular weight excluding hydrogens is 290 g/mol. The normalized spacial score (nSPS) is 10.5. The van der Waals surface area contributed by atoms with E-state index in [-0.39, 0.29) is 12.5 Å². The molecule has 1 amide bonds. The Balaban J connectivity index is 1.89. The van der Waals surface area contributed by atoms with Crippen LogP contribution in [-0.2, 0) is 11.3 Å². The molecule has 0 atom stereocenters. The van der Waals surface area contributed by atoms with Gasteiger partial charge < -0.3 is 14.1 Å². The third kappa shape index (κ3) is 4.26. The largest absolute Gasteiger partial charge is 0.483 e. The van der Waals surface area contributed by atoms with E-state index in [1.54, 1.807) is 30.1 Å². The van der Waals surface area contributed by atoms with Gasteiger partial charge in [0.15, 0.2) is 6.61 Å². The van der Waals surface area contributed by atoms with E-state index in [1.807, 2.05) is 26.0 Å². The van der Waals surface area contributed by atoms with Crippen LogP contribution >= 0.6 is 11.6 Å². The number of rotatable bonds is 5. The zero-order valence-electron chi connectivity index (χ0n) is 12.4. The standard InChI is InChI=1S/C16H18ClNO3/c1-11-8-13(17)5-7-15(11)20-10-16(19)18(3)9-14-6-4-12(2)21-14/h4-8H,9-10H2,1-3H3. The van der Waals surface area contributed by atoms with Crippen molar-refractivity contribution in [3.8, 4) is 5.75 Å². The van der Waals surface area contributed by atoms with Crippen LogP contribution in [0.5, 0.6) is 5.75 Å². The van der Waals surface area contributed by atoms with Gasteiger partial charge >= 0.3 is 0 Å². The monoisotopic (exact) mass is 307 g/mol. The van der Waals surface area contributed by atoms with Crippen LogP contribution in [-0.4, -0.2) is 24.5 Å². The fraction of sp³-hybridized carbons (Fsp3) is 0.312. The Morgan fingerprint density at radius 1 is 1.29 bits per heavy atom. The number of hydrogen-bond donors (Lipinski definition) is 0. The second-order valence-corrected chi connectivity index (χ2v) is 5.40. The van der Waals surface area contributed by atoms with Crippen molar-refractivity contribution >= 4 is 17.5 Å². The van der Waals surface area contributed by atoms with Crippen molar-refractivity contribution in [1.29, 1.82) is 0 Å². The summed E-state index contributed by atoms with van der Waals surface area (Å²) >= 11 is 5.88. The first kappa shape index (κ1) is 15.4. The minimum Gasteiger partial charge on any atom is -0.483 e. The number of halogens is 1. The highest BCUT2D eigenvalue weighted by Gasteiger charge is 2.12. The maximum Gasteiger partial charge on any atom is 0.260 e. The van der Waals surface area contributed by atoms with Crippen LogP contribution in [0, 0.1) is 13.8 Å². The minimum absolute atomic E-state index is 0.0152. The zero-order chi connectivity index (χ0) is 15.4. The van der Waals surface area contributed by atoms with Crippen LogP contribution in [0.2, 0.25) is 5.02 Å². The van der Waals surface area contributed by atoms with Gasteiger partial charge in [-0.25, -0.2) is 0 Å². The number of ether oxygens (including phenoxy) is 1. The van der Waals surface area contributed by atoms with Gasteiger partial charge in [0.2, 0.25) is 0 Å². The minimum atomic E-state index is -0.113. The molecular formula is C16H18ClNO3. The van der Waals surface area contributed by atoms with Crippen molar-refractivity contribution in [1.82, 2.24) is 4.90 Å². The summed E-state index contributed by atoms with van der Waals surface area (Å²) in [5.41, 5.74) is 0.902. The Bertz CT molecular complexity index is 636. The Labute approximate surface area is 129 Å². The van der Waals surface area contributed by atoms with E-state index < -0.39 is 0 Å². The molecule has 0 bridgehead atoms. The maximum atomic E-state index is 12.0. The average Bonchev–Trinajstić information content (AvgIpc) is 2.82. The molecule has 2 rings (SSSR count). The smallest absolute Gasteiger partial charge is 0.260 e. The number of carbonyl (C=O) groups is 1. The first-order chi connectivity index (χ1) is 9.95. The number of aryl methyl sites for hydroxylation is 2. The van der Waals surface area contributed by atoms with Crippen molar-refractivity contribution < 1.29 is 13.9 Å². The van der Waals surface area contributed by atoms with Crippen molar-refractivity contribution in [2.75, 3.05) is 13.7 Å². The summed E-state index contributed by atoms with van der Waals surface area (Å²) in [4.78, 5) is 13.6. The lowest BCUT2D eigenvalue weighted by atomic mass is 10.2. The summed E-state index contributed by atoms with van der Waals surface area (Å²) in [6.07, 6.45) is 0. The molecule has 4 nitrogen and oxygen atoms in total.